The van der Waals surface area contributed by atoms with Gasteiger partial charge in [-0.05, 0) is 37.5 Å². The van der Waals surface area contributed by atoms with Crippen LogP contribution in [0.4, 0.5) is 0 Å². The first-order valence-electron chi connectivity index (χ1n) is 8.99. The van der Waals surface area contributed by atoms with E-state index in [9.17, 15) is 9.59 Å². The molecule has 2 saturated heterocycles. The van der Waals surface area contributed by atoms with Gasteiger partial charge in [0.25, 0.3) is 5.91 Å². The van der Waals surface area contributed by atoms with E-state index in [-0.39, 0.29) is 23.3 Å². The predicted octanol–water partition coefficient (Wildman–Crippen LogP) is 1.40. The Kier molecular flexibility index (Phi) is 4.01. The summed E-state index contributed by atoms with van der Waals surface area (Å²) < 4.78 is 1.77. The van der Waals surface area contributed by atoms with Crippen molar-refractivity contribution in [1.82, 2.24) is 25.0 Å². The van der Waals surface area contributed by atoms with Gasteiger partial charge in [-0.2, -0.15) is 5.10 Å². The maximum absolute atomic E-state index is 12.7. The summed E-state index contributed by atoms with van der Waals surface area (Å²) in [6.07, 6.45) is 5.81. The van der Waals surface area contributed by atoms with Crippen molar-refractivity contribution in [2.24, 2.45) is 7.05 Å². The molecule has 1 N–H and O–H groups in total. The number of carbonyl (C=O) groups excluding carboxylic acids is 2. The molecule has 0 bridgehead atoms. The lowest BCUT2D eigenvalue weighted by Crippen LogP contribution is -2.54. The van der Waals surface area contributed by atoms with Crippen molar-refractivity contribution >= 4 is 11.8 Å². The van der Waals surface area contributed by atoms with E-state index >= 15 is 0 Å². The Morgan fingerprint density at radius 1 is 1.31 bits per heavy atom. The van der Waals surface area contributed by atoms with Crippen LogP contribution in [-0.4, -0.2) is 50.1 Å². The van der Waals surface area contributed by atoms with Crippen molar-refractivity contribution in [3.05, 3.63) is 47.5 Å². The molecule has 2 aromatic rings. The summed E-state index contributed by atoms with van der Waals surface area (Å²) in [4.78, 5) is 31.1. The second kappa shape index (κ2) is 6.23. The molecule has 1 unspecified atom stereocenters. The van der Waals surface area contributed by atoms with Gasteiger partial charge in [-0.25, -0.2) is 4.98 Å². The molecule has 2 amide bonds. The van der Waals surface area contributed by atoms with Crippen molar-refractivity contribution in [3.63, 3.8) is 0 Å². The van der Waals surface area contributed by atoms with Gasteiger partial charge in [0.05, 0.1) is 11.7 Å². The standard InChI is InChI=1S/C19H23N5O2/c1-13-4-3-5-16(21-13)18(26)24-8-6-19(7-9-24)15(10-17(25)22-19)14-11-20-23(2)12-14/h3-5,11-12,15H,6-10H2,1-2H3,(H,22,25). The molecule has 1 spiro atoms. The van der Waals surface area contributed by atoms with E-state index in [1.54, 1.807) is 10.7 Å². The van der Waals surface area contributed by atoms with E-state index in [4.69, 9.17) is 0 Å². The second-order valence-corrected chi connectivity index (χ2v) is 7.36. The molecule has 2 fully saturated rings. The van der Waals surface area contributed by atoms with E-state index in [1.807, 2.05) is 43.4 Å². The highest BCUT2D eigenvalue weighted by Gasteiger charge is 2.49. The van der Waals surface area contributed by atoms with Crippen molar-refractivity contribution < 1.29 is 9.59 Å². The van der Waals surface area contributed by atoms with E-state index in [0.29, 0.717) is 25.2 Å². The molecule has 1 atom stereocenters. The number of carbonyl (C=O) groups is 2. The molecule has 0 aliphatic carbocycles. The number of aromatic nitrogens is 3. The van der Waals surface area contributed by atoms with Crippen LogP contribution in [0.5, 0.6) is 0 Å². The first-order valence-corrected chi connectivity index (χ1v) is 8.99. The minimum atomic E-state index is -0.281. The van der Waals surface area contributed by atoms with Crippen LogP contribution in [0, 0.1) is 6.92 Å². The molecule has 2 aromatic heterocycles. The van der Waals surface area contributed by atoms with Crippen LogP contribution in [0.15, 0.2) is 30.6 Å². The predicted molar refractivity (Wildman–Crippen MR) is 95.6 cm³/mol. The van der Waals surface area contributed by atoms with E-state index < -0.39 is 0 Å². The Hall–Kier alpha value is -2.70. The molecule has 26 heavy (non-hydrogen) atoms. The Bertz CT molecular complexity index is 851. The summed E-state index contributed by atoms with van der Waals surface area (Å²) >= 11 is 0. The summed E-state index contributed by atoms with van der Waals surface area (Å²) in [7, 11) is 1.89. The van der Waals surface area contributed by atoms with Gasteiger partial charge in [0.1, 0.15) is 5.69 Å². The molecular weight excluding hydrogens is 330 g/mol. The highest BCUT2D eigenvalue weighted by Crippen LogP contribution is 2.43. The summed E-state index contributed by atoms with van der Waals surface area (Å²) in [6, 6.07) is 5.50. The van der Waals surface area contributed by atoms with Crippen LogP contribution >= 0.6 is 0 Å². The number of nitrogens with one attached hydrogen (secondary N) is 1. The zero-order valence-electron chi connectivity index (χ0n) is 15.1. The van der Waals surface area contributed by atoms with Crippen LogP contribution in [0.25, 0.3) is 0 Å². The Labute approximate surface area is 152 Å². The topological polar surface area (TPSA) is 80.1 Å². The third kappa shape index (κ3) is 2.87. The summed E-state index contributed by atoms with van der Waals surface area (Å²) in [6.45, 7) is 3.12. The minimum Gasteiger partial charge on any atom is -0.350 e. The van der Waals surface area contributed by atoms with Crippen LogP contribution in [0.2, 0.25) is 0 Å². The summed E-state index contributed by atoms with van der Waals surface area (Å²) in [5.41, 5.74) is 2.13. The Morgan fingerprint density at radius 2 is 2.08 bits per heavy atom. The fraction of sp³-hybridized carbons (Fsp3) is 0.474. The fourth-order valence-electron chi connectivity index (χ4n) is 4.26. The van der Waals surface area contributed by atoms with Crippen molar-refractivity contribution in [1.29, 1.82) is 0 Å². The number of pyridine rings is 1. The molecule has 136 valence electrons. The van der Waals surface area contributed by atoms with Crippen molar-refractivity contribution in [2.75, 3.05) is 13.1 Å². The lowest BCUT2D eigenvalue weighted by atomic mass is 9.75. The summed E-state index contributed by atoms with van der Waals surface area (Å²) in [5, 5.41) is 7.47. The Morgan fingerprint density at radius 3 is 2.73 bits per heavy atom. The largest absolute Gasteiger partial charge is 0.350 e. The monoisotopic (exact) mass is 353 g/mol. The van der Waals surface area contributed by atoms with Gasteiger partial charge < -0.3 is 10.2 Å². The molecule has 2 aliphatic heterocycles. The SMILES string of the molecule is Cc1cccc(C(=O)N2CCC3(CC2)NC(=O)CC3c2cnn(C)c2)n1. The number of nitrogens with zero attached hydrogens (tertiary/aromatic N) is 4. The number of hydrogen-bond acceptors (Lipinski definition) is 4. The van der Waals surface area contributed by atoms with Gasteiger partial charge in [0.15, 0.2) is 0 Å². The number of hydrogen-bond donors (Lipinski definition) is 1. The van der Waals surface area contributed by atoms with Crippen LogP contribution in [0.3, 0.4) is 0 Å². The minimum absolute atomic E-state index is 0.0363. The highest BCUT2D eigenvalue weighted by atomic mass is 16.2. The molecule has 7 nitrogen and oxygen atoms in total. The smallest absolute Gasteiger partial charge is 0.272 e. The number of rotatable bonds is 2. The zero-order valence-corrected chi connectivity index (χ0v) is 15.1. The van der Waals surface area contributed by atoms with Gasteiger partial charge in [-0.1, -0.05) is 6.07 Å². The van der Waals surface area contributed by atoms with Gasteiger partial charge in [-0.15, -0.1) is 0 Å². The molecular formula is C19H23N5O2. The van der Waals surface area contributed by atoms with Gasteiger partial charge >= 0.3 is 0 Å². The van der Waals surface area contributed by atoms with E-state index in [2.05, 4.69) is 15.4 Å². The maximum atomic E-state index is 12.7. The average Bonchev–Trinajstić information content (AvgIpc) is 3.18. The molecule has 7 heteroatoms. The number of piperidine rings is 1. The third-order valence-electron chi connectivity index (χ3n) is 5.62. The first-order chi connectivity index (χ1) is 12.5. The van der Waals surface area contributed by atoms with Gasteiger partial charge in [0, 0.05) is 44.4 Å². The van der Waals surface area contributed by atoms with E-state index in [0.717, 1.165) is 24.1 Å². The number of amides is 2. The molecule has 0 aromatic carbocycles. The van der Waals surface area contributed by atoms with Crippen LogP contribution in [0.1, 0.15) is 46.9 Å². The van der Waals surface area contributed by atoms with Gasteiger partial charge in [0.2, 0.25) is 5.91 Å². The first kappa shape index (κ1) is 16.8. The zero-order chi connectivity index (χ0) is 18.3. The highest BCUT2D eigenvalue weighted by molar-refractivity contribution is 5.92. The third-order valence-corrected chi connectivity index (χ3v) is 5.62. The second-order valence-electron chi connectivity index (χ2n) is 7.36. The molecule has 4 heterocycles. The quantitative estimate of drug-likeness (QED) is 0.885. The fourth-order valence-corrected chi connectivity index (χ4v) is 4.26. The van der Waals surface area contributed by atoms with Crippen LogP contribution < -0.4 is 5.32 Å². The number of likely N-dealkylation sites (tertiary alicyclic amines) is 1. The number of aryl methyl sites for hydroxylation is 2. The normalized spacial score (nSPS) is 21.8. The lowest BCUT2D eigenvalue weighted by molar-refractivity contribution is -0.120. The van der Waals surface area contributed by atoms with Crippen molar-refractivity contribution in [2.45, 2.75) is 37.6 Å². The molecule has 2 aliphatic rings. The molecule has 4 rings (SSSR count). The Balaban J connectivity index is 1.51. The molecule has 0 saturated carbocycles. The summed E-state index contributed by atoms with van der Waals surface area (Å²) in [5.74, 6) is 0.155. The van der Waals surface area contributed by atoms with Crippen molar-refractivity contribution in [3.8, 4) is 0 Å². The lowest BCUT2D eigenvalue weighted by Gasteiger charge is -2.42. The molecule has 0 radical (unpaired) electrons. The van der Waals surface area contributed by atoms with E-state index in [1.165, 1.54) is 0 Å². The maximum Gasteiger partial charge on any atom is 0.272 e. The van der Waals surface area contributed by atoms with Crippen LogP contribution in [-0.2, 0) is 11.8 Å². The average molecular weight is 353 g/mol. The van der Waals surface area contributed by atoms with Gasteiger partial charge in [-0.3, -0.25) is 14.3 Å².